The Morgan fingerprint density at radius 2 is 1.97 bits per heavy atom. The molecule has 1 atom stereocenters. The van der Waals surface area contributed by atoms with Crippen molar-refractivity contribution in [1.29, 1.82) is 0 Å². The van der Waals surface area contributed by atoms with Crippen LogP contribution in [0.2, 0.25) is 0 Å². The molecule has 2 aromatic rings. The molecule has 7 nitrogen and oxygen atoms in total. The Kier molecular flexibility index (Phi) is 6.92. The van der Waals surface area contributed by atoms with Gasteiger partial charge in [-0.15, -0.1) is 0 Å². The molecule has 0 N–H and O–H groups in total. The lowest BCUT2D eigenvalue weighted by Gasteiger charge is -2.46. The van der Waals surface area contributed by atoms with Gasteiger partial charge in [-0.3, -0.25) is 9.48 Å². The van der Waals surface area contributed by atoms with Gasteiger partial charge in [-0.25, -0.2) is 0 Å². The third kappa shape index (κ3) is 5.66. The zero-order chi connectivity index (χ0) is 21.7. The molecule has 1 amide bonds. The molecule has 31 heavy (non-hydrogen) atoms. The van der Waals surface area contributed by atoms with Crippen LogP contribution in [0.3, 0.4) is 0 Å². The average Bonchev–Trinajstić information content (AvgIpc) is 3.09. The molecule has 0 bridgehead atoms. The molecule has 2 aliphatic rings. The summed E-state index contributed by atoms with van der Waals surface area (Å²) in [6.45, 7) is 7.52. The summed E-state index contributed by atoms with van der Waals surface area (Å²) in [5.41, 5.74) is 1.79. The van der Waals surface area contributed by atoms with E-state index in [0.717, 1.165) is 55.9 Å². The second-order valence-corrected chi connectivity index (χ2v) is 8.64. The Morgan fingerprint density at radius 3 is 2.68 bits per heavy atom. The topological polar surface area (TPSA) is 65.8 Å². The largest absolute Gasteiger partial charge is 0.491 e. The van der Waals surface area contributed by atoms with E-state index in [9.17, 15) is 4.79 Å². The van der Waals surface area contributed by atoms with Crippen molar-refractivity contribution in [3.8, 4) is 5.75 Å². The maximum absolute atomic E-state index is 12.7. The molecular weight excluding hydrogens is 394 g/mol. The number of carbonyl (C=O) groups excluding carboxylic acids is 1. The third-order valence-corrected chi connectivity index (χ3v) is 6.31. The molecule has 168 valence electrons. The van der Waals surface area contributed by atoms with Gasteiger partial charge in [0.2, 0.25) is 5.91 Å². The molecule has 2 saturated heterocycles. The summed E-state index contributed by atoms with van der Waals surface area (Å²) in [6.07, 6.45) is 3.70. The van der Waals surface area contributed by atoms with Crippen molar-refractivity contribution < 1.29 is 19.0 Å². The van der Waals surface area contributed by atoms with Gasteiger partial charge in [0.05, 0.1) is 24.0 Å². The van der Waals surface area contributed by atoms with Crippen molar-refractivity contribution >= 4 is 5.91 Å². The van der Waals surface area contributed by atoms with E-state index in [1.807, 2.05) is 55.1 Å². The first-order valence-electron chi connectivity index (χ1n) is 11.3. The molecule has 7 heteroatoms. The minimum absolute atomic E-state index is 0.128. The van der Waals surface area contributed by atoms with Crippen LogP contribution in [-0.4, -0.2) is 65.2 Å². The number of hydrogen-bond acceptors (Lipinski definition) is 5. The minimum atomic E-state index is -0.168. The van der Waals surface area contributed by atoms with Crippen LogP contribution in [-0.2, 0) is 20.8 Å². The zero-order valence-electron chi connectivity index (χ0n) is 18.6. The van der Waals surface area contributed by atoms with Gasteiger partial charge in [0, 0.05) is 31.8 Å². The summed E-state index contributed by atoms with van der Waals surface area (Å²) in [6, 6.07) is 11.8. The quantitative estimate of drug-likeness (QED) is 0.635. The molecule has 0 saturated carbocycles. The van der Waals surface area contributed by atoms with E-state index < -0.39 is 0 Å². The fraction of sp³-hybridized carbons (Fsp3) is 0.583. The number of nitrogens with zero attached hydrogens (tertiary/aromatic N) is 3. The Balaban J connectivity index is 1.21. The van der Waals surface area contributed by atoms with Crippen LogP contribution in [0.25, 0.3) is 0 Å². The van der Waals surface area contributed by atoms with Crippen LogP contribution >= 0.6 is 0 Å². The summed E-state index contributed by atoms with van der Waals surface area (Å²) < 4.78 is 19.8. The molecule has 1 spiro atoms. The molecule has 2 aliphatic heterocycles. The van der Waals surface area contributed by atoms with Gasteiger partial charge in [0.25, 0.3) is 0 Å². The zero-order valence-corrected chi connectivity index (χ0v) is 18.6. The van der Waals surface area contributed by atoms with Crippen molar-refractivity contribution in [2.75, 3.05) is 32.9 Å². The number of rotatable bonds is 7. The van der Waals surface area contributed by atoms with Gasteiger partial charge in [-0.2, -0.15) is 5.10 Å². The summed E-state index contributed by atoms with van der Waals surface area (Å²) in [4.78, 5) is 14.7. The van der Waals surface area contributed by atoms with Crippen molar-refractivity contribution in [2.45, 2.75) is 57.8 Å². The van der Waals surface area contributed by atoms with Gasteiger partial charge in [0.1, 0.15) is 18.9 Å². The van der Waals surface area contributed by atoms with Gasteiger partial charge >= 0.3 is 0 Å². The first-order valence-corrected chi connectivity index (χ1v) is 11.3. The molecule has 0 radical (unpaired) electrons. The van der Waals surface area contributed by atoms with Gasteiger partial charge in [-0.1, -0.05) is 18.2 Å². The highest BCUT2D eigenvalue weighted by Crippen LogP contribution is 2.36. The van der Waals surface area contributed by atoms with Crippen LogP contribution in [0.4, 0.5) is 0 Å². The average molecular weight is 428 g/mol. The van der Waals surface area contributed by atoms with E-state index in [0.29, 0.717) is 26.4 Å². The molecule has 2 fully saturated rings. The van der Waals surface area contributed by atoms with Gasteiger partial charge in [-0.05, 0) is 51.3 Å². The number of benzene rings is 1. The molecule has 0 aliphatic carbocycles. The van der Waals surface area contributed by atoms with Crippen molar-refractivity contribution in [1.82, 2.24) is 14.7 Å². The highest BCUT2D eigenvalue weighted by Gasteiger charge is 2.41. The normalized spacial score (nSPS) is 20.7. The van der Waals surface area contributed by atoms with Crippen LogP contribution in [0, 0.1) is 13.8 Å². The van der Waals surface area contributed by atoms with Crippen LogP contribution in [0.15, 0.2) is 36.4 Å². The SMILES string of the molecule is Cc1cc(C)n(CC(=O)N2CCC3(CC2)CC(OCCOc2ccccc2)CCO3)n1. The van der Waals surface area contributed by atoms with Crippen LogP contribution in [0.1, 0.15) is 37.1 Å². The van der Waals surface area contributed by atoms with Crippen LogP contribution in [0.5, 0.6) is 5.75 Å². The van der Waals surface area contributed by atoms with Gasteiger partial charge < -0.3 is 19.1 Å². The van der Waals surface area contributed by atoms with E-state index in [1.165, 1.54) is 0 Å². The Morgan fingerprint density at radius 1 is 1.19 bits per heavy atom. The first-order chi connectivity index (χ1) is 15.0. The van der Waals surface area contributed by atoms with E-state index in [4.69, 9.17) is 14.2 Å². The fourth-order valence-corrected chi connectivity index (χ4v) is 4.59. The number of aromatic nitrogens is 2. The predicted octanol–water partition coefficient (Wildman–Crippen LogP) is 3.14. The number of amides is 1. The van der Waals surface area contributed by atoms with E-state index >= 15 is 0 Å². The molecule has 1 aromatic carbocycles. The predicted molar refractivity (Wildman–Crippen MR) is 117 cm³/mol. The molecule has 1 aromatic heterocycles. The second kappa shape index (κ2) is 9.83. The number of aryl methyl sites for hydroxylation is 2. The standard InChI is InChI=1S/C24H33N3O4/c1-19-16-20(2)27(25-19)18-23(28)26-11-9-24(10-12-26)17-22(8-13-31-24)30-15-14-29-21-6-4-3-5-7-21/h3-7,16,22H,8-15,17-18H2,1-2H3. The van der Waals surface area contributed by atoms with E-state index in [1.54, 1.807) is 4.68 Å². The summed E-state index contributed by atoms with van der Waals surface area (Å²) in [5, 5.41) is 4.41. The molecule has 1 unspecified atom stereocenters. The van der Waals surface area contributed by atoms with Crippen molar-refractivity contribution in [3.63, 3.8) is 0 Å². The Labute approximate surface area is 184 Å². The van der Waals surface area contributed by atoms with E-state index in [-0.39, 0.29) is 17.6 Å². The monoisotopic (exact) mass is 427 g/mol. The maximum Gasteiger partial charge on any atom is 0.244 e. The lowest BCUT2D eigenvalue weighted by atomic mass is 9.83. The first kappa shape index (κ1) is 21.8. The number of piperidine rings is 1. The highest BCUT2D eigenvalue weighted by atomic mass is 16.5. The summed E-state index contributed by atoms with van der Waals surface area (Å²) in [7, 11) is 0. The number of hydrogen-bond donors (Lipinski definition) is 0. The molecule has 4 rings (SSSR count). The fourth-order valence-electron chi connectivity index (χ4n) is 4.59. The number of likely N-dealkylation sites (tertiary alicyclic amines) is 1. The minimum Gasteiger partial charge on any atom is -0.491 e. The maximum atomic E-state index is 12.7. The summed E-state index contributed by atoms with van der Waals surface area (Å²) >= 11 is 0. The number of para-hydroxylation sites is 1. The van der Waals surface area contributed by atoms with Crippen molar-refractivity contribution in [2.24, 2.45) is 0 Å². The lowest BCUT2D eigenvalue weighted by Crippen LogP contribution is -2.52. The van der Waals surface area contributed by atoms with Gasteiger partial charge in [0.15, 0.2) is 0 Å². The Bertz CT molecular complexity index is 859. The van der Waals surface area contributed by atoms with E-state index in [2.05, 4.69) is 5.10 Å². The highest BCUT2D eigenvalue weighted by molar-refractivity contribution is 5.76. The second-order valence-electron chi connectivity index (χ2n) is 8.64. The summed E-state index contributed by atoms with van der Waals surface area (Å²) in [5.74, 6) is 0.995. The molecule has 3 heterocycles. The molecular formula is C24H33N3O4. The Hall–Kier alpha value is -2.38. The third-order valence-electron chi connectivity index (χ3n) is 6.31. The van der Waals surface area contributed by atoms with Crippen LogP contribution < -0.4 is 4.74 Å². The number of ether oxygens (including phenoxy) is 3. The smallest absolute Gasteiger partial charge is 0.244 e. The number of carbonyl (C=O) groups is 1. The lowest BCUT2D eigenvalue weighted by molar-refractivity contribution is -0.162. The van der Waals surface area contributed by atoms with Crippen molar-refractivity contribution in [3.05, 3.63) is 47.8 Å².